The minimum absolute atomic E-state index is 0.0340. The Bertz CT molecular complexity index is 740. The van der Waals surface area contributed by atoms with Crippen LogP contribution in [-0.4, -0.2) is 40.4 Å². The van der Waals surface area contributed by atoms with Gasteiger partial charge in [0.25, 0.3) is 5.91 Å². The van der Waals surface area contributed by atoms with Gasteiger partial charge >= 0.3 is 0 Å². The Labute approximate surface area is 164 Å². The van der Waals surface area contributed by atoms with E-state index in [4.69, 9.17) is 4.74 Å². The average molecular weight is 384 g/mol. The number of amides is 1. The molecule has 2 aromatic rings. The molecule has 1 N–H and O–H groups in total. The predicted molar refractivity (Wildman–Crippen MR) is 106 cm³/mol. The quantitative estimate of drug-likeness (QED) is 0.796. The van der Waals surface area contributed by atoms with Crippen LogP contribution in [0.2, 0.25) is 0 Å². The molecule has 2 heterocycles. The third-order valence-corrected chi connectivity index (χ3v) is 6.62. The Morgan fingerprint density at radius 1 is 1.04 bits per heavy atom. The molecule has 1 amide bonds. The van der Waals surface area contributed by atoms with E-state index in [0.717, 1.165) is 56.0 Å². The molecule has 5 nitrogen and oxygen atoms in total. The van der Waals surface area contributed by atoms with Crippen LogP contribution < -0.4 is 5.32 Å². The normalized spacial score (nSPS) is 25.3. The minimum atomic E-state index is 0.0340. The third-order valence-electron chi connectivity index (χ3n) is 5.40. The lowest BCUT2D eigenvalue weighted by Crippen LogP contribution is -2.38. The zero-order valence-corrected chi connectivity index (χ0v) is 16.2. The van der Waals surface area contributed by atoms with Gasteiger partial charge in [-0.05, 0) is 55.9 Å². The molecular formula is C21H25N3O2S. The minimum Gasteiger partial charge on any atom is -0.381 e. The van der Waals surface area contributed by atoms with E-state index < -0.39 is 0 Å². The van der Waals surface area contributed by atoms with Gasteiger partial charge in [-0.15, -0.1) is 0 Å². The van der Waals surface area contributed by atoms with Gasteiger partial charge in [0.2, 0.25) is 0 Å². The zero-order chi connectivity index (χ0) is 18.5. The van der Waals surface area contributed by atoms with Gasteiger partial charge in [0, 0.05) is 41.8 Å². The van der Waals surface area contributed by atoms with Gasteiger partial charge in [-0.1, -0.05) is 23.9 Å². The van der Waals surface area contributed by atoms with E-state index in [2.05, 4.69) is 27.4 Å². The Balaban J connectivity index is 1.25. The number of carbonyl (C=O) groups is 1. The molecule has 2 fully saturated rings. The van der Waals surface area contributed by atoms with Crippen LogP contribution in [0.4, 0.5) is 0 Å². The second-order valence-electron chi connectivity index (χ2n) is 7.28. The van der Waals surface area contributed by atoms with Crippen LogP contribution in [-0.2, 0) is 4.74 Å². The van der Waals surface area contributed by atoms with Crippen LogP contribution in [0, 0.1) is 0 Å². The highest BCUT2D eigenvalue weighted by Gasteiger charge is 2.24. The molecule has 1 atom stereocenters. The molecule has 1 saturated carbocycles. The number of benzene rings is 1. The summed E-state index contributed by atoms with van der Waals surface area (Å²) >= 11 is 1.75. The smallest absolute Gasteiger partial charge is 0.251 e. The maximum atomic E-state index is 12.6. The number of hydrogen-bond acceptors (Lipinski definition) is 5. The van der Waals surface area contributed by atoms with Gasteiger partial charge in [0.1, 0.15) is 0 Å². The van der Waals surface area contributed by atoms with E-state index in [0.29, 0.717) is 11.2 Å². The maximum Gasteiger partial charge on any atom is 0.251 e. The van der Waals surface area contributed by atoms with Gasteiger partial charge in [-0.25, -0.2) is 9.97 Å². The molecule has 1 aromatic carbocycles. The number of nitrogens with one attached hydrogen (secondary N) is 1. The number of ether oxygens (including phenoxy) is 1. The van der Waals surface area contributed by atoms with Crippen LogP contribution in [0.25, 0.3) is 0 Å². The monoisotopic (exact) mass is 383 g/mol. The number of aromatic nitrogens is 2. The molecule has 0 bridgehead atoms. The predicted octanol–water partition coefficient (Wildman–Crippen LogP) is 3.81. The van der Waals surface area contributed by atoms with E-state index in [1.807, 2.05) is 18.2 Å². The Morgan fingerprint density at radius 2 is 1.78 bits per heavy atom. The lowest BCUT2D eigenvalue weighted by atomic mass is 9.94. The van der Waals surface area contributed by atoms with Gasteiger partial charge in [0.15, 0.2) is 5.16 Å². The highest BCUT2D eigenvalue weighted by molar-refractivity contribution is 7.99. The van der Waals surface area contributed by atoms with E-state index in [-0.39, 0.29) is 11.9 Å². The first-order chi connectivity index (χ1) is 13.3. The van der Waals surface area contributed by atoms with Crippen molar-refractivity contribution in [2.45, 2.75) is 54.5 Å². The first-order valence-electron chi connectivity index (χ1n) is 9.70. The number of rotatable bonds is 5. The molecular weight excluding hydrogens is 358 g/mol. The third kappa shape index (κ3) is 4.87. The number of thioether (sulfide) groups is 1. The molecule has 1 saturated heterocycles. The van der Waals surface area contributed by atoms with Crippen molar-refractivity contribution in [3.05, 3.63) is 53.9 Å². The summed E-state index contributed by atoms with van der Waals surface area (Å²) in [5.41, 5.74) is 2.01. The summed E-state index contributed by atoms with van der Waals surface area (Å²) in [5.74, 6) is 0.509. The molecule has 0 spiro atoms. The van der Waals surface area contributed by atoms with Crippen molar-refractivity contribution in [1.82, 2.24) is 15.3 Å². The van der Waals surface area contributed by atoms with Gasteiger partial charge < -0.3 is 10.1 Å². The second kappa shape index (κ2) is 8.85. The summed E-state index contributed by atoms with van der Waals surface area (Å²) in [6, 6.07) is 10.1. The lowest BCUT2D eigenvalue weighted by Gasteiger charge is -2.28. The molecule has 1 aliphatic heterocycles. The molecule has 4 rings (SSSR count). The SMILES string of the molecule is O=C(NC1CCC(Sc2ncccn2)CC1)c1ccc(C2CCOC2)cc1. The molecule has 1 aliphatic carbocycles. The second-order valence-corrected chi connectivity index (χ2v) is 8.55. The summed E-state index contributed by atoms with van der Waals surface area (Å²) in [6.45, 7) is 1.63. The van der Waals surface area contributed by atoms with Crippen molar-refractivity contribution >= 4 is 17.7 Å². The summed E-state index contributed by atoms with van der Waals surface area (Å²) in [4.78, 5) is 21.1. The average Bonchev–Trinajstić information content (AvgIpc) is 3.25. The van der Waals surface area contributed by atoms with Crippen molar-refractivity contribution in [3.63, 3.8) is 0 Å². The van der Waals surface area contributed by atoms with E-state index in [1.165, 1.54) is 5.56 Å². The highest BCUT2D eigenvalue weighted by Crippen LogP contribution is 2.32. The van der Waals surface area contributed by atoms with Crippen molar-refractivity contribution in [1.29, 1.82) is 0 Å². The highest BCUT2D eigenvalue weighted by atomic mass is 32.2. The van der Waals surface area contributed by atoms with Crippen molar-refractivity contribution < 1.29 is 9.53 Å². The summed E-state index contributed by atoms with van der Waals surface area (Å²) in [5, 5.41) is 4.59. The molecule has 6 heteroatoms. The number of hydrogen-bond donors (Lipinski definition) is 1. The number of carbonyl (C=O) groups excluding carboxylic acids is 1. The van der Waals surface area contributed by atoms with E-state index >= 15 is 0 Å². The van der Waals surface area contributed by atoms with Crippen molar-refractivity contribution in [3.8, 4) is 0 Å². The van der Waals surface area contributed by atoms with Gasteiger partial charge in [-0.3, -0.25) is 4.79 Å². The topological polar surface area (TPSA) is 64.1 Å². The van der Waals surface area contributed by atoms with Gasteiger partial charge in [0.05, 0.1) is 6.61 Å². The van der Waals surface area contributed by atoms with Gasteiger partial charge in [-0.2, -0.15) is 0 Å². The largest absolute Gasteiger partial charge is 0.381 e. The Morgan fingerprint density at radius 3 is 2.44 bits per heavy atom. The molecule has 27 heavy (non-hydrogen) atoms. The van der Waals surface area contributed by atoms with Crippen LogP contribution in [0.15, 0.2) is 47.9 Å². The Hall–Kier alpha value is -1.92. The van der Waals surface area contributed by atoms with E-state index in [9.17, 15) is 4.79 Å². The van der Waals surface area contributed by atoms with Crippen LogP contribution in [0.5, 0.6) is 0 Å². The number of nitrogens with zero attached hydrogens (tertiary/aromatic N) is 2. The van der Waals surface area contributed by atoms with Crippen LogP contribution >= 0.6 is 11.8 Å². The first-order valence-corrected chi connectivity index (χ1v) is 10.6. The molecule has 1 aromatic heterocycles. The summed E-state index contributed by atoms with van der Waals surface area (Å²) in [6.07, 6.45) is 8.81. The molecule has 0 radical (unpaired) electrons. The molecule has 142 valence electrons. The standard InChI is InChI=1S/C21H25N3O2S/c25-20(16-4-2-15(3-5-16)17-10-13-26-14-17)24-18-6-8-19(9-7-18)27-21-22-11-1-12-23-21/h1-5,11-12,17-19H,6-10,13-14H2,(H,24,25). The summed E-state index contributed by atoms with van der Waals surface area (Å²) in [7, 11) is 0. The Kier molecular flexibility index (Phi) is 6.04. The molecule has 1 unspecified atom stereocenters. The lowest BCUT2D eigenvalue weighted by molar-refractivity contribution is 0.0928. The van der Waals surface area contributed by atoms with Crippen molar-refractivity contribution in [2.24, 2.45) is 0 Å². The fraction of sp³-hybridized carbons (Fsp3) is 0.476. The van der Waals surface area contributed by atoms with Crippen LogP contribution in [0.3, 0.4) is 0 Å². The maximum absolute atomic E-state index is 12.6. The first kappa shape index (κ1) is 18.4. The fourth-order valence-electron chi connectivity index (χ4n) is 3.79. The van der Waals surface area contributed by atoms with Crippen molar-refractivity contribution in [2.75, 3.05) is 13.2 Å². The molecule has 2 aliphatic rings. The zero-order valence-electron chi connectivity index (χ0n) is 15.3. The summed E-state index contributed by atoms with van der Waals surface area (Å²) < 4.78 is 5.45. The van der Waals surface area contributed by atoms with E-state index in [1.54, 1.807) is 24.2 Å². The fourth-order valence-corrected chi connectivity index (χ4v) is 4.84. The van der Waals surface area contributed by atoms with Crippen LogP contribution in [0.1, 0.15) is 53.9 Å².